The normalized spacial score (nSPS) is 19.6. The molecule has 0 spiro atoms. The van der Waals surface area contributed by atoms with Gasteiger partial charge in [-0.25, -0.2) is 0 Å². The van der Waals surface area contributed by atoms with Crippen LogP contribution in [0.25, 0.3) is 6.08 Å². The molecule has 0 fully saturated rings. The Morgan fingerprint density at radius 3 is 2.44 bits per heavy atom. The molecular weight excluding hydrogens is 196 g/mol. The molecule has 0 saturated heterocycles. The van der Waals surface area contributed by atoms with Gasteiger partial charge >= 0.3 is 0 Å². The first-order valence-electron chi connectivity index (χ1n) is 5.79. The first-order valence-corrected chi connectivity index (χ1v) is 5.79. The lowest BCUT2D eigenvalue weighted by atomic mass is 9.85. The van der Waals surface area contributed by atoms with E-state index >= 15 is 0 Å². The van der Waals surface area contributed by atoms with Gasteiger partial charge in [-0.3, -0.25) is 0 Å². The fourth-order valence-corrected chi connectivity index (χ4v) is 2.28. The van der Waals surface area contributed by atoms with E-state index in [0.717, 1.165) is 0 Å². The van der Waals surface area contributed by atoms with Crippen molar-refractivity contribution in [2.24, 2.45) is 0 Å². The maximum Gasteiger partial charge on any atom is 0.104 e. The second kappa shape index (κ2) is 3.74. The Bertz CT molecular complexity index is 435. The summed E-state index contributed by atoms with van der Waals surface area (Å²) in [5.41, 5.74) is 5.48. The number of ether oxygens (including phenoxy) is 1. The Balaban J connectivity index is 2.47. The molecule has 1 aromatic carbocycles. The predicted molar refractivity (Wildman–Crippen MR) is 68.5 cm³/mol. The molecule has 1 aliphatic carbocycles. The molecule has 0 saturated carbocycles. The Labute approximate surface area is 98.1 Å². The molecule has 0 amide bonds. The largest absolute Gasteiger partial charge is 0.372 e. The first kappa shape index (κ1) is 11.4. The summed E-state index contributed by atoms with van der Waals surface area (Å²) >= 11 is 0. The van der Waals surface area contributed by atoms with Crippen LogP contribution in [-0.2, 0) is 10.2 Å². The third-order valence-electron chi connectivity index (χ3n) is 3.27. The number of fused-ring (bicyclic) bond motifs is 1. The van der Waals surface area contributed by atoms with Crippen LogP contribution in [0.5, 0.6) is 0 Å². The quantitative estimate of drug-likeness (QED) is 0.687. The topological polar surface area (TPSA) is 9.23 Å². The summed E-state index contributed by atoms with van der Waals surface area (Å²) in [6.07, 6.45) is 2.37. The predicted octanol–water partition coefficient (Wildman–Crippen LogP) is 4.09. The van der Waals surface area contributed by atoms with E-state index in [9.17, 15) is 0 Å². The smallest absolute Gasteiger partial charge is 0.104 e. The van der Waals surface area contributed by atoms with Crippen molar-refractivity contribution in [2.45, 2.75) is 39.2 Å². The molecule has 0 bridgehead atoms. The molecule has 0 radical (unpaired) electrons. The lowest BCUT2D eigenvalue weighted by Gasteiger charge is -2.21. The second-order valence-electron chi connectivity index (χ2n) is 5.60. The highest BCUT2D eigenvalue weighted by atomic mass is 16.5. The Kier molecular flexibility index (Phi) is 2.67. The third kappa shape index (κ3) is 1.80. The van der Waals surface area contributed by atoms with Crippen LogP contribution in [0.2, 0.25) is 0 Å². The zero-order chi connectivity index (χ0) is 11.9. The summed E-state index contributed by atoms with van der Waals surface area (Å²) in [5.74, 6) is 0. The van der Waals surface area contributed by atoms with Gasteiger partial charge in [-0.15, -0.1) is 0 Å². The summed E-state index contributed by atoms with van der Waals surface area (Å²) in [6, 6.07) is 6.72. The average Bonchev–Trinajstić information content (AvgIpc) is 2.50. The van der Waals surface area contributed by atoms with Gasteiger partial charge in [0, 0.05) is 7.11 Å². The minimum absolute atomic E-state index is 0.150. The minimum Gasteiger partial charge on any atom is -0.372 e. The molecule has 1 nitrogen and oxygen atoms in total. The van der Waals surface area contributed by atoms with Gasteiger partial charge in [0.2, 0.25) is 0 Å². The zero-order valence-electron chi connectivity index (χ0n) is 10.8. The lowest BCUT2D eigenvalue weighted by molar-refractivity contribution is 0.136. The van der Waals surface area contributed by atoms with Gasteiger partial charge in [-0.05, 0) is 34.6 Å². The first-order chi connectivity index (χ1) is 7.43. The SMILES string of the molecule is COC1C(C)=Cc2ccc(C(C)(C)C)cc21. The molecular formula is C15H20O. The van der Waals surface area contributed by atoms with E-state index in [4.69, 9.17) is 4.74 Å². The standard InChI is InChI=1S/C15H20O/c1-10-8-11-6-7-12(15(2,3)4)9-13(11)14(10)16-5/h6-9,14H,1-5H3. The van der Waals surface area contributed by atoms with Crippen molar-refractivity contribution in [2.75, 3.05) is 7.11 Å². The number of rotatable bonds is 1. The van der Waals surface area contributed by atoms with Gasteiger partial charge in [0.25, 0.3) is 0 Å². The van der Waals surface area contributed by atoms with E-state index in [1.54, 1.807) is 7.11 Å². The highest BCUT2D eigenvalue weighted by Gasteiger charge is 2.24. The van der Waals surface area contributed by atoms with Crippen LogP contribution < -0.4 is 0 Å². The fraction of sp³-hybridized carbons (Fsp3) is 0.467. The number of benzene rings is 1. The average molecular weight is 216 g/mol. The maximum absolute atomic E-state index is 5.55. The number of hydrogen-bond acceptors (Lipinski definition) is 1. The van der Waals surface area contributed by atoms with Crippen molar-refractivity contribution in [3.05, 3.63) is 40.5 Å². The molecule has 0 aromatic heterocycles. The third-order valence-corrected chi connectivity index (χ3v) is 3.27. The fourth-order valence-electron chi connectivity index (χ4n) is 2.28. The molecule has 86 valence electrons. The van der Waals surface area contributed by atoms with Crippen LogP contribution in [0.4, 0.5) is 0 Å². The van der Waals surface area contributed by atoms with Gasteiger partial charge in [0.15, 0.2) is 0 Å². The monoisotopic (exact) mass is 216 g/mol. The van der Waals surface area contributed by atoms with Gasteiger partial charge < -0.3 is 4.74 Å². The van der Waals surface area contributed by atoms with Crippen molar-refractivity contribution in [3.8, 4) is 0 Å². The highest BCUT2D eigenvalue weighted by molar-refractivity contribution is 5.66. The van der Waals surface area contributed by atoms with Gasteiger partial charge in [0.1, 0.15) is 6.10 Å². The second-order valence-corrected chi connectivity index (χ2v) is 5.60. The van der Waals surface area contributed by atoms with E-state index in [1.165, 1.54) is 22.3 Å². The van der Waals surface area contributed by atoms with E-state index in [0.29, 0.717) is 0 Å². The van der Waals surface area contributed by atoms with Crippen LogP contribution in [0.1, 0.15) is 50.5 Å². The van der Waals surface area contributed by atoms with Crippen LogP contribution >= 0.6 is 0 Å². The molecule has 1 aromatic rings. The van der Waals surface area contributed by atoms with Crippen LogP contribution in [0.15, 0.2) is 23.8 Å². The molecule has 0 aliphatic heterocycles. The summed E-state index contributed by atoms with van der Waals surface area (Å²) in [4.78, 5) is 0. The van der Waals surface area contributed by atoms with Crippen LogP contribution in [0, 0.1) is 0 Å². The highest BCUT2D eigenvalue weighted by Crippen LogP contribution is 2.38. The Hall–Kier alpha value is -1.08. The Morgan fingerprint density at radius 2 is 1.88 bits per heavy atom. The van der Waals surface area contributed by atoms with E-state index in [1.807, 2.05) is 0 Å². The van der Waals surface area contributed by atoms with Crippen molar-refractivity contribution < 1.29 is 4.74 Å². The van der Waals surface area contributed by atoms with Gasteiger partial charge in [-0.1, -0.05) is 45.0 Å². The van der Waals surface area contributed by atoms with Crippen molar-refractivity contribution in [1.82, 2.24) is 0 Å². The van der Waals surface area contributed by atoms with Crippen LogP contribution in [0.3, 0.4) is 0 Å². The Morgan fingerprint density at radius 1 is 1.19 bits per heavy atom. The maximum atomic E-state index is 5.55. The van der Waals surface area contributed by atoms with E-state index in [-0.39, 0.29) is 11.5 Å². The lowest BCUT2D eigenvalue weighted by Crippen LogP contribution is -2.12. The van der Waals surface area contributed by atoms with E-state index < -0.39 is 0 Å². The summed E-state index contributed by atoms with van der Waals surface area (Å²) in [5, 5.41) is 0. The molecule has 2 rings (SSSR count). The molecule has 1 atom stereocenters. The number of methoxy groups -OCH3 is 1. The number of hydrogen-bond donors (Lipinski definition) is 0. The van der Waals surface area contributed by atoms with Crippen LogP contribution in [-0.4, -0.2) is 7.11 Å². The molecule has 1 unspecified atom stereocenters. The summed E-state index contributed by atoms with van der Waals surface area (Å²) < 4.78 is 5.55. The van der Waals surface area contributed by atoms with Crippen molar-refractivity contribution in [1.29, 1.82) is 0 Å². The summed E-state index contributed by atoms with van der Waals surface area (Å²) in [7, 11) is 1.78. The van der Waals surface area contributed by atoms with Crippen molar-refractivity contribution in [3.63, 3.8) is 0 Å². The molecule has 1 aliphatic rings. The van der Waals surface area contributed by atoms with E-state index in [2.05, 4.69) is 52.0 Å². The minimum atomic E-state index is 0.150. The molecule has 0 N–H and O–H groups in total. The zero-order valence-corrected chi connectivity index (χ0v) is 10.8. The van der Waals surface area contributed by atoms with Crippen molar-refractivity contribution >= 4 is 6.08 Å². The molecule has 1 heteroatoms. The van der Waals surface area contributed by atoms with Gasteiger partial charge in [0.05, 0.1) is 0 Å². The summed E-state index contributed by atoms with van der Waals surface area (Å²) in [6.45, 7) is 8.86. The van der Waals surface area contributed by atoms with Gasteiger partial charge in [-0.2, -0.15) is 0 Å². The molecule has 16 heavy (non-hydrogen) atoms. The molecule has 0 heterocycles.